The number of aromatic nitrogens is 7. The molecule has 0 aliphatic rings. The van der Waals surface area contributed by atoms with Crippen molar-refractivity contribution in [2.24, 2.45) is 0 Å². The lowest BCUT2D eigenvalue weighted by atomic mass is 9.99. The Morgan fingerprint density at radius 2 is 0.691 bits per heavy atom. The zero-order valence-electron chi connectivity index (χ0n) is 36.6. The molecule has 0 radical (unpaired) electrons. The van der Waals surface area contributed by atoms with Crippen LogP contribution in [0.15, 0.2) is 237 Å². The molecule has 9 aromatic carbocycles. The Morgan fingerprint density at radius 3 is 1.32 bits per heavy atom. The van der Waals surface area contributed by atoms with Crippen molar-refractivity contribution in [2.45, 2.75) is 0 Å². The molecule has 7 heteroatoms. The van der Waals surface area contributed by atoms with Crippen LogP contribution in [0.2, 0.25) is 0 Å². The van der Waals surface area contributed by atoms with E-state index in [9.17, 15) is 0 Å². The van der Waals surface area contributed by atoms with Gasteiger partial charge in [0.15, 0.2) is 17.5 Å². The predicted molar refractivity (Wildman–Crippen MR) is 277 cm³/mol. The van der Waals surface area contributed by atoms with Crippen LogP contribution in [-0.4, -0.2) is 34.1 Å². The number of hydrogen-bond donors (Lipinski definition) is 0. The topological polar surface area (TPSA) is 74.3 Å². The van der Waals surface area contributed by atoms with Crippen LogP contribution in [0.3, 0.4) is 0 Å². The van der Waals surface area contributed by atoms with Gasteiger partial charge in [-0.3, -0.25) is 4.57 Å². The Morgan fingerprint density at radius 1 is 0.250 bits per heavy atom. The number of fused-ring (bicyclic) bond motifs is 6. The highest BCUT2D eigenvalue weighted by Gasteiger charge is 2.23. The monoisotopic (exact) mass is 869 g/mol. The first-order valence-corrected chi connectivity index (χ1v) is 22.8. The lowest BCUT2D eigenvalue weighted by Crippen LogP contribution is -2.06. The summed E-state index contributed by atoms with van der Waals surface area (Å²) in [4.78, 5) is 26.3. The minimum Gasteiger partial charge on any atom is -0.309 e. The van der Waals surface area contributed by atoms with E-state index in [1.165, 1.54) is 0 Å². The Kier molecular flexibility index (Phi) is 9.35. The Labute approximate surface area is 392 Å². The highest BCUT2D eigenvalue weighted by Crippen LogP contribution is 2.42. The van der Waals surface area contributed by atoms with Crippen molar-refractivity contribution in [2.75, 3.05) is 0 Å². The molecule has 318 valence electrons. The van der Waals surface area contributed by atoms with Crippen LogP contribution < -0.4 is 0 Å². The Bertz CT molecular complexity index is 3950. The van der Waals surface area contributed by atoms with Crippen LogP contribution in [0, 0.1) is 0 Å². The number of hydrogen-bond acceptors (Lipinski definition) is 5. The molecule has 0 fully saturated rings. The summed E-state index contributed by atoms with van der Waals surface area (Å²) in [5, 5.41) is 4.42. The lowest BCUT2D eigenvalue weighted by molar-refractivity contribution is 0.954. The molecule has 4 heterocycles. The van der Waals surface area contributed by atoms with Crippen molar-refractivity contribution < 1.29 is 0 Å². The van der Waals surface area contributed by atoms with Crippen LogP contribution >= 0.6 is 0 Å². The summed E-state index contributed by atoms with van der Waals surface area (Å²) in [5.41, 5.74) is 13.9. The summed E-state index contributed by atoms with van der Waals surface area (Å²) in [5.74, 6) is 2.42. The molecule has 0 saturated heterocycles. The smallest absolute Gasteiger partial charge is 0.238 e. The molecule has 13 aromatic rings. The summed E-state index contributed by atoms with van der Waals surface area (Å²) in [6.45, 7) is 0. The predicted octanol–water partition coefficient (Wildman–Crippen LogP) is 14.9. The zero-order valence-corrected chi connectivity index (χ0v) is 36.6. The van der Waals surface area contributed by atoms with E-state index in [1.54, 1.807) is 0 Å². The van der Waals surface area contributed by atoms with E-state index in [4.69, 9.17) is 24.9 Å². The number of nitrogens with zero attached hydrogens (tertiary/aromatic N) is 7. The maximum atomic E-state index is 5.38. The van der Waals surface area contributed by atoms with Gasteiger partial charge in [0.25, 0.3) is 0 Å². The Balaban J connectivity index is 1.06. The average molecular weight is 870 g/mol. The summed E-state index contributed by atoms with van der Waals surface area (Å²) in [6.07, 6.45) is 0. The molecule has 0 aliphatic heterocycles. The summed E-state index contributed by atoms with van der Waals surface area (Å²) < 4.78 is 4.61. The number of para-hydroxylation sites is 3. The molecule has 0 aliphatic carbocycles. The van der Waals surface area contributed by atoms with E-state index in [0.717, 1.165) is 99.6 Å². The van der Waals surface area contributed by atoms with Gasteiger partial charge in [0.05, 0.1) is 39.1 Å². The minimum absolute atomic E-state index is 0.545. The number of benzene rings is 9. The van der Waals surface area contributed by atoms with Crippen LogP contribution in [-0.2, 0) is 0 Å². The second-order valence-corrected chi connectivity index (χ2v) is 16.9. The first-order valence-electron chi connectivity index (χ1n) is 22.8. The first-order chi connectivity index (χ1) is 33.7. The van der Waals surface area contributed by atoms with E-state index in [-0.39, 0.29) is 0 Å². The highest BCUT2D eigenvalue weighted by atomic mass is 15.2. The molecule has 0 atom stereocenters. The Hall–Kier alpha value is -9.33. The van der Waals surface area contributed by atoms with Gasteiger partial charge in [-0.15, -0.1) is 0 Å². The summed E-state index contributed by atoms with van der Waals surface area (Å²) in [6, 6.07) is 82.1. The molecule has 0 saturated carbocycles. The van der Waals surface area contributed by atoms with Crippen LogP contribution in [0.1, 0.15) is 0 Å². The van der Waals surface area contributed by atoms with Gasteiger partial charge in [-0.05, 0) is 47.5 Å². The fourth-order valence-electron chi connectivity index (χ4n) is 9.70. The fourth-order valence-corrected chi connectivity index (χ4v) is 9.70. The normalized spacial score (nSPS) is 11.5. The van der Waals surface area contributed by atoms with Crippen LogP contribution in [0.5, 0.6) is 0 Å². The molecule has 13 rings (SSSR count). The van der Waals surface area contributed by atoms with Gasteiger partial charge in [0.2, 0.25) is 5.95 Å². The van der Waals surface area contributed by atoms with Gasteiger partial charge in [-0.2, -0.15) is 9.97 Å². The third kappa shape index (κ3) is 6.64. The van der Waals surface area contributed by atoms with Gasteiger partial charge in [-0.1, -0.05) is 200 Å². The minimum atomic E-state index is 0.545. The van der Waals surface area contributed by atoms with Crippen molar-refractivity contribution in [3.63, 3.8) is 0 Å². The van der Waals surface area contributed by atoms with Gasteiger partial charge in [-0.25, -0.2) is 15.0 Å². The standard InChI is InChI=1S/C61H39N7/c1-5-21-40(22-6-1)44-29-13-14-32-47(44)60-64-59(43-27-11-4-12-28-43)65-61(66-60)68-54-35-19-16-31-46(54)50-37-56-49(38-57(50)68)45-30-15-18-34-53(45)67(56)55-36-20-17-33-48(55)52-39-51(41-23-7-2-8-24-41)62-58(63-52)42-25-9-3-10-26-42/h1-39H. The van der Waals surface area contributed by atoms with E-state index in [2.05, 4.69) is 191 Å². The number of rotatable bonds is 8. The molecule has 0 spiro atoms. The fraction of sp³-hybridized carbons (Fsp3) is 0. The van der Waals surface area contributed by atoms with Gasteiger partial charge in [0.1, 0.15) is 0 Å². The molecule has 0 amide bonds. The third-order valence-electron chi connectivity index (χ3n) is 12.8. The molecule has 7 nitrogen and oxygen atoms in total. The molecule has 0 N–H and O–H groups in total. The first kappa shape index (κ1) is 39.1. The average Bonchev–Trinajstić information content (AvgIpc) is 3.92. The third-order valence-corrected chi connectivity index (χ3v) is 12.8. The molecule has 68 heavy (non-hydrogen) atoms. The van der Waals surface area contributed by atoms with Gasteiger partial charge < -0.3 is 4.57 Å². The quantitative estimate of drug-likeness (QED) is 0.152. The molecular formula is C61H39N7. The maximum absolute atomic E-state index is 5.38. The second-order valence-electron chi connectivity index (χ2n) is 16.9. The van der Waals surface area contributed by atoms with Crippen molar-refractivity contribution in [3.05, 3.63) is 237 Å². The van der Waals surface area contributed by atoms with Crippen LogP contribution in [0.25, 0.3) is 123 Å². The maximum Gasteiger partial charge on any atom is 0.238 e. The van der Waals surface area contributed by atoms with Crippen molar-refractivity contribution in [1.29, 1.82) is 0 Å². The van der Waals surface area contributed by atoms with Crippen molar-refractivity contribution in [3.8, 4) is 79.4 Å². The van der Waals surface area contributed by atoms with Crippen LogP contribution in [0.4, 0.5) is 0 Å². The van der Waals surface area contributed by atoms with E-state index >= 15 is 0 Å². The zero-order chi connectivity index (χ0) is 45.0. The van der Waals surface area contributed by atoms with E-state index in [0.29, 0.717) is 23.4 Å². The molecule has 0 unspecified atom stereocenters. The van der Waals surface area contributed by atoms with Gasteiger partial charge >= 0.3 is 0 Å². The van der Waals surface area contributed by atoms with Gasteiger partial charge in [0, 0.05) is 49.4 Å². The lowest BCUT2D eigenvalue weighted by Gasteiger charge is -2.15. The van der Waals surface area contributed by atoms with Crippen molar-refractivity contribution in [1.82, 2.24) is 34.1 Å². The summed E-state index contributed by atoms with van der Waals surface area (Å²) >= 11 is 0. The van der Waals surface area contributed by atoms with Crippen molar-refractivity contribution >= 4 is 43.6 Å². The SMILES string of the molecule is c1ccc(-c2cc(-c3ccccc3-n3c4ccccc4c4cc5c(cc43)c3ccccc3n5-c3nc(-c4ccccc4)nc(-c4ccccc4-c4ccccc4)n3)nc(-c3ccccc3)n2)cc1. The van der Waals surface area contributed by atoms with E-state index in [1.807, 2.05) is 54.6 Å². The second kappa shape index (κ2) is 16.3. The molecule has 0 bridgehead atoms. The molecular weight excluding hydrogens is 831 g/mol. The highest BCUT2D eigenvalue weighted by molar-refractivity contribution is 6.19. The molecule has 4 aromatic heterocycles. The van der Waals surface area contributed by atoms with E-state index < -0.39 is 0 Å². The summed E-state index contributed by atoms with van der Waals surface area (Å²) in [7, 11) is 0. The largest absolute Gasteiger partial charge is 0.309 e.